The van der Waals surface area contributed by atoms with Crippen LogP contribution in [0.5, 0.6) is 0 Å². The fourth-order valence-electron chi connectivity index (χ4n) is 5.64. The van der Waals surface area contributed by atoms with Crippen molar-refractivity contribution >= 4 is 11.8 Å². The average Bonchev–Trinajstić information content (AvgIpc) is 3.09. The van der Waals surface area contributed by atoms with E-state index in [0.717, 1.165) is 12.8 Å². The lowest BCUT2D eigenvalue weighted by atomic mass is 9.75. The van der Waals surface area contributed by atoms with E-state index in [0.29, 0.717) is 35.7 Å². The molecule has 144 valence electrons. The number of nitrogens with zero attached hydrogens (tertiary/aromatic N) is 2. The highest BCUT2D eigenvalue weighted by atomic mass is 16.2. The first-order valence-corrected chi connectivity index (χ1v) is 10.3. The molecule has 4 atom stereocenters. The lowest BCUT2D eigenvalue weighted by Gasteiger charge is -2.44. The van der Waals surface area contributed by atoms with E-state index in [-0.39, 0.29) is 17.7 Å². The van der Waals surface area contributed by atoms with Crippen LogP contribution >= 0.6 is 0 Å². The van der Waals surface area contributed by atoms with Crippen molar-refractivity contribution in [3.63, 3.8) is 0 Å². The number of aryl methyl sites for hydroxylation is 1. The Bertz CT molecular complexity index is 901. The molecule has 2 aromatic carbocycles. The van der Waals surface area contributed by atoms with E-state index in [1.807, 2.05) is 12.1 Å². The van der Waals surface area contributed by atoms with Crippen molar-refractivity contribution in [1.82, 2.24) is 9.80 Å². The zero-order chi connectivity index (χ0) is 19.4. The molecule has 0 saturated carbocycles. The summed E-state index contributed by atoms with van der Waals surface area (Å²) in [5, 5.41) is 0. The SMILES string of the molecule is Cc1ccc([C@H]2C[C@@H]3CC[C@H]([C@H]2CN2C(=O)c4ccccc4C2=O)N3C)cc1. The van der Waals surface area contributed by atoms with Gasteiger partial charge in [0.15, 0.2) is 0 Å². The molecular weight excluding hydrogens is 348 g/mol. The molecule has 3 heterocycles. The van der Waals surface area contributed by atoms with Crippen molar-refractivity contribution in [2.75, 3.05) is 13.6 Å². The van der Waals surface area contributed by atoms with Gasteiger partial charge in [-0.3, -0.25) is 14.5 Å². The Kier molecular flexibility index (Phi) is 4.13. The van der Waals surface area contributed by atoms with Crippen molar-refractivity contribution in [3.05, 3.63) is 70.8 Å². The minimum absolute atomic E-state index is 0.133. The Morgan fingerprint density at radius 3 is 2.21 bits per heavy atom. The normalized spacial score (nSPS) is 29.4. The number of fused-ring (bicyclic) bond motifs is 3. The molecule has 28 heavy (non-hydrogen) atoms. The highest BCUT2D eigenvalue weighted by molar-refractivity contribution is 6.21. The lowest BCUT2D eigenvalue weighted by molar-refractivity contribution is 0.0485. The maximum absolute atomic E-state index is 12.9. The molecule has 2 saturated heterocycles. The third-order valence-electron chi connectivity index (χ3n) is 7.21. The quantitative estimate of drug-likeness (QED) is 0.766. The Morgan fingerprint density at radius 2 is 1.57 bits per heavy atom. The smallest absolute Gasteiger partial charge is 0.261 e. The molecule has 3 aliphatic rings. The maximum Gasteiger partial charge on any atom is 0.261 e. The fraction of sp³-hybridized carbons (Fsp3) is 0.417. The van der Waals surface area contributed by atoms with Crippen LogP contribution in [-0.2, 0) is 0 Å². The highest BCUT2D eigenvalue weighted by Gasteiger charge is 2.48. The first-order valence-electron chi connectivity index (χ1n) is 10.3. The molecule has 0 aliphatic carbocycles. The monoisotopic (exact) mass is 374 g/mol. The zero-order valence-electron chi connectivity index (χ0n) is 16.5. The molecule has 2 aromatic rings. The fourth-order valence-corrected chi connectivity index (χ4v) is 5.64. The van der Waals surface area contributed by atoms with E-state index in [1.165, 1.54) is 22.4 Å². The van der Waals surface area contributed by atoms with Crippen LogP contribution < -0.4 is 0 Å². The summed E-state index contributed by atoms with van der Waals surface area (Å²) in [4.78, 5) is 29.9. The second kappa shape index (κ2) is 6.56. The van der Waals surface area contributed by atoms with E-state index in [1.54, 1.807) is 12.1 Å². The Hall–Kier alpha value is -2.46. The Morgan fingerprint density at radius 1 is 0.929 bits per heavy atom. The summed E-state index contributed by atoms with van der Waals surface area (Å²) in [5.41, 5.74) is 3.70. The van der Waals surface area contributed by atoms with E-state index in [9.17, 15) is 9.59 Å². The molecule has 0 spiro atoms. The molecule has 2 bridgehead atoms. The van der Waals surface area contributed by atoms with Crippen LogP contribution in [0.15, 0.2) is 48.5 Å². The van der Waals surface area contributed by atoms with Crippen LogP contribution in [0.2, 0.25) is 0 Å². The van der Waals surface area contributed by atoms with Crippen molar-refractivity contribution in [2.24, 2.45) is 5.92 Å². The van der Waals surface area contributed by atoms with Gasteiger partial charge >= 0.3 is 0 Å². The number of hydrogen-bond donors (Lipinski definition) is 0. The van der Waals surface area contributed by atoms with Crippen LogP contribution in [0.25, 0.3) is 0 Å². The molecule has 5 rings (SSSR count). The van der Waals surface area contributed by atoms with Gasteiger partial charge in [-0.2, -0.15) is 0 Å². The van der Waals surface area contributed by atoms with Crippen molar-refractivity contribution in [2.45, 2.75) is 44.2 Å². The van der Waals surface area contributed by atoms with E-state index >= 15 is 0 Å². The lowest BCUT2D eigenvalue weighted by Crippen LogP contribution is -2.50. The second-order valence-corrected chi connectivity index (χ2v) is 8.65. The molecule has 2 amide bonds. The van der Waals surface area contributed by atoms with Crippen LogP contribution in [0.1, 0.15) is 57.0 Å². The number of carbonyl (C=O) groups excluding carboxylic acids is 2. The third-order valence-corrected chi connectivity index (χ3v) is 7.21. The number of piperidine rings is 1. The van der Waals surface area contributed by atoms with Crippen LogP contribution in [0.3, 0.4) is 0 Å². The summed E-state index contributed by atoms with van der Waals surface area (Å²) in [6, 6.07) is 17.1. The number of benzene rings is 2. The highest BCUT2D eigenvalue weighted by Crippen LogP contribution is 2.47. The van der Waals surface area contributed by atoms with E-state index in [2.05, 4.69) is 43.1 Å². The summed E-state index contributed by atoms with van der Waals surface area (Å²) in [6.45, 7) is 2.62. The minimum atomic E-state index is -0.133. The van der Waals surface area contributed by atoms with Gasteiger partial charge in [-0.1, -0.05) is 42.0 Å². The molecule has 3 aliphatic heterocycles. The van der Waals surface area contributed by atoms with Crippen molar-refractivity contribution < 1.29 is 9.59 Å². The summed E-state index contributed by atoms with van der Waals surface area (Å²) in [6.07, 6.45) is 3.46. The van der Waals surface area contributed by atoms with Gasteiger partial charge in [0, 0.05) is 18.6 Å². The van der Waals surface area contributed by atoms with Gasteiger partial charge in [-0.05, 0) is 62.8 Å². The average molecular weight is 374 g/mol. The topological polar surface area (TPSA) is 40.6 Å². The Balaban J connectivity index is 1.48. The predicted octanol–water partition coefficient (Wildman–Crippen LogP) is 3.86. The molecule has 0 aromatic heterocycles. The molecule has 0 unspecified atom stereocenters. The van der Waals surface area contributed by atoms with Gasteiger partial charge in [0.25, 0.3) is 11.8 Å². The second-order valence-electron chi connectivity index (χ2n) is 8.65. The largest absolute Gasteiger partial charge is 0.300 e. The predicted molar refractivity (Wildman–Crippen MR) is 108 cm³/mol. The van der Waals surface area contributed by atoms with Crippen LogP contribution in [-0.4, -0.2) is 47.3 Å². The number of hydrogen-bond acceptors (Lipinski definition) is 3. The maximum atomic E-state index is 12.9. The first-order chi connectivity index (χ1) is 13.5. The molecule has 0 N–H and O–H groups in total. The van der Waals surface area contributed by atoms with Gasteiger partial charge in [0.05, 0.1) is 11.1 Å². The van der Waals surface area contributed by atoms with Crippen LogP contribution in [0, 0.1) is 12.8 Å². The standard InChI is InChI=1S/C24H26N2O2/c1-15-7-9-16(10-8-15)20-13-17-11-12-22(25(17)2)21(20)14-26-23(27)18-5-3-4-6-19(18)24(26)28/h3-10,17,20-22H,11-14H2,1-2H3/t17-,20+,21-,22+/m0/s1. The van der Waals surface area contributed by atoms with Gasteiger partial charge in [-0.25, -0.2) is 0 Å². The first kappa shape index (κ1) is 17.6. The zero-order valence-corrected chi connectivity index (χ0v) is 16.5. The number of rotatable bonds is 3. The van der Waals surface area contributed by atoms with Gasteiger partial charge in [0.1, 0.15) is 0 Å². The molecule has 2 fully saturated rings. The summed E-state index contributed by atoms with van der Waals surface area (Å²) >= 11 is 0. The van der Waals surface area contributed by atoms with Gasteiger partial charge < -0.3 is 4.90 Å². The van der Waals surface area contributed by atoms with Crippen LogP contribution in [0.4, 0.5) is 0 Å². The summed E-state index contributed by atoms with van der Waals surface area (Å²) in [5.74, 6) is 0.393. The third kappa shape index (κ3) is 2.62. The summed E-state index contributed by atoms with van der Waals surface area (Å²) in [7, 11) is 2.21. The molecule has 0 radical (unpaired) electrons. The number of carbonyl (C=O) groups is 2. The van der Waals surface area contributed by atoms with Crippen molar-refractivity contribution in [3.8, 4) is 0 Å². The molecule has 4 heteroatoms. The van der Waals surface area contributed by atoms with E-state index < -0.39 is 0 Å². The van der Waals surface area contributed by atoms with Gasteiger partial charge in [-0.15, -0.1) is 0 Å². The number of amides is 2. The number of imide groups is 1. The minimum Gasteiger partial charge on any atom is -0.300 e. The van der Waals surface area contributed by atoms with Crippen molar-refractivity contribution in [1.29, 1.82) is 0 Å². The summed E-state index contributed by atoms with van der Waals surface area (Å²) < 4.78 is 0. The van der Waals surface area contributed by atoms with Gasteiger partial charge in [0.2, 0.25) is 0 Å². The van der Waals surface area contributed by atoms with E-state index in [4.69, 9.17) is 0 Å². The molecular formula is C24H26N2O2. The molecule has 4 nitrogen and oxygen atoms in total. The Labute approximate surface area is 166 Å².